The van der Waals surface area contributed by atoms with Crippen LogP contribution in [0.25, 0.3) is 0 Å². The zero-order valence-electron chi connectivity index (χ0n) is 11.9. The van der Waals surface area contributed by atoms with Crippen molar-refractivity contribution < 1.29 is 21.6 Å². The van der Waals surface area contributed by atoms with Gasteiger partial charge in [-0.05, 0) is 36.8 Å². The molecule has 0 heterocycles. The number of halogens is 4. The first-order chi connectivity index (χ1) is 10.6. The quantitative estimate of drug-likeness (QED) is 0.875. The van der Waals surface area contributed by atoms with Crippen LogP contribution in [0.4, 0.5) is 13.2 Å². The highest BCUT2D eigenvalue weighted by molar-refractivity contribution is 7.89. The lowest BCUT2D eigenvalue weighted by molar-refractivity contribution is -0.137. The van der Waals surface area contributed by atoms with Crippen molar-refractivity contribution in [1.29, 1.82) is 0 Å². The minimum Gasteiger partial charge on any atom is -0.207 e. The van der Waals surface area contributed by atoms with Gasteiger partial charge < -0.3 is 0 Å². The van der Waals surface area contributed by atoms with Crippen molar-refractivity contribution in [3.05, 3.63) is 64.7 Å². The van der Waals surface area contributed by atoms with Crippen molar-refractivity contribution in [2.75, 3.05) is 0 Å². The lowest BCUT2D eigenvalue weighted by atomic mass is 10.1. The molecule has 1 atom stereocenters. The molecular weight excluding hydrogens is 351 g/mol. The lowest BCUT2D eigenvalue weighted by Crippen LogP contribution is -2.27. The minimum atomic E-state index is -4.49. The fourth-order valence-corrected chi connectivity index (χ4v) is 3.76. The van der Waals surface area contributed by atoms with Crippen LogP contribution in [0.15, 0.2) is 53.4 Å². The molecule has 0 amide bonds. The van der Waals surface area contributed by atoms with Crippen molar-refractivity contribution in [3.63, 3.8) is 0 Å². The largest absolute Gasteiger partial charge is 0.416 e. The number of benzene rings is 2. The van der Waals surface area contributed by atoms with Crippen LogP contribution in [-0.4, -0.2) is 8.42 Å². The molecule has 8 heteroatoms. The van der Waals surface area contributed by atoms with Gasteiger partial charge in [-0.3, -0.25) is 0 Å². The van der Waals surface area contributed by atoms with Gasteiger partial charge in [0.25, 0.3) is 0 Å². The normalized spacial score (nSPS) is 13.8. The summed E-state index contributed by atoms with van der Waals surface area (Å²) in [6, 6.07) is 9.49. The van der Waals surface area contributed by atoms with Gasteiger partial charge in [0.1, 0.15) is 4.90 Å². The van der Waals surface area contributed by atoms with Gasteiger partial charge in [0.2, 0.25) is 10.0 Å². The fraction of sp³-hybridized carbons (Fsp3) is 0.200. The third kappa shape index (κ3) is 4.25. The number of hydrogen-bond acceptors (Lipinski definition) is 2. The standard InChI is InChI=1S/C15H13ClF3NO2S/c1-10(11-5-4-6-12(9-11)15(17,18)19)20-23(21,22)14-8-3-2-7-13(14)16/h2-10,20H,1H3. The van der Waals surface area contributed by atoms with Crippen LogP contribution in [0.3, 0.4) is 0 Å². The SMILES string of the molecule is CC(NS(=O)(=O)c1ccccc1Cl)c1cccc(C(F)(F)F)c1. The van der Waals surface area contributed by atoms with Crippen LogP contribution in [-0.2, 0) is 16.2 Å². The fourth-order valence-electron chi connectivity index (χ4n) is 2.01. The van der Waals surface area contributed by atoms with E-state index in [0.29, 0.717) is 0 Å². The second-order valence-corrected chi connectivity index (χ2v) is 6.99. The molecule has 0 saturated heterocycles. The van der Waals surface area contributed by atoms with Gasteiger partial charge in [-0.2, -0.15) is 13.2 Å². The summed E-state index contributed by atoms with van der Waals surface area (Å²) in [5, 5.41) is 0.0382. The highest BCUT2D eigenvalue weighted by Crippen LogP contribution is 2.31. The molecule has 0 aromatic heterocycles. The molecule has 0 fully saturated rings. The molecule has 23 heavy (non-hydrogen) atoms. The van der Waals surface area contributed by atoms with E-state index in [9.17, 15) is 21.6 Å². The number of rotatable bonds is 4. The van der Waals surface area contributed by atoms with Gasteiger partial charge in [0.05, 0.1) is 10.6 Å². The van der Waals surface area contributed by atoms with Crippen molar-refractivity contribution in [3.8, 4) is 0 Å². The number of sulfonamides is 1. The second-order valence-electron chi connectivity index (χ2n) is 4.90. The van der Waals surface area contributed by atoms with E-state index in [0.717, 1.165) is 12.1 Å². The Balaban J connectivity index is 2.29. The maximum Gasteiger partial charge on any atom is 0.416 e. The van der Waals surface area contributed by atoms with Crippen molar-refractivity contribution in [2.45, 2.75) is 24.0 Å². The van der Waals surface area contributed by atoms with E-state index in [1.54, 1.807) is 6.07 Å². The van der Waals surface area contributed by atoms with Gasteiger partial charge in [-0.25, -0.2) is 13.1 Å². The van der Waals surface area contributed by atoms with Crippen molar-refractivity contribution in [1.82, 2.24) is 4.72 Å². The Bertz CT molecular complexity index is 806. The summed E-state index contributed by atoms with van der Waals surface area (Å²) in [5.41, 5.74) is -0.630. The molecule has 3 nitrogen and oxygen atoms in total. The van der Waals surface area contributed by atoms with E-state index in [-0.39, 0.29) is 15.5 Å². The molecule has 0 radical (unpaired) electrons. The first-order valence-corrected chi connectivity index (χ1v) is 8.41. The summed E-state index contributed by atoms with van der Waals surface area (Å²) in [7, 11) is -3.95. The molecule has 2 aromatic rings. The molecule has 1 N–H and O–H groups in total. The predicted octanol–water partition coefficient (Wildman–Crippen LogP) is 4.40. The van der Waals surface area contributed by atoms with Crippen LogP contribution in [0.5, 0.6) is 0 Å². The van der Waals surface area contributed by atoms with E-state index in [1.165, 1.54) is 37.3 Å². The molecule has 0 aliphatic carbocycles. The van der Waals surface area contributed by atoms with E-state index in [4.69, 9.17) is 11.6 Å². The van der Waals surface area contributed by atoms with E-state index >= 15 is 0 Å². The van der Waals surface area contributed by atoms with Crippen LogP contribution in [0.2, 0.25) is 5.02 Å². The third-order valence-corrected chi connectivity index (χ3v) is 5.21. The minimum absolute atomic E-state index is 0.0382. The van der Waals surface area contributed by atoms with Gasteiger partial charge in [-0.15, -0.1) is 0 Å². The maximum absolute atomic E-state index is 12.7. The zero-order chi connectivity index (χ0) is 17.3. The van der Waals surface area contributed by atoms with Gasteiger partial charge in [0.15, 0.2) is 0 Å². The number of alkyl halides is 3. The maximum atomic E-state index is 12.7. The molecule has 2 aromatic carbocycles. The van der Waals surface area contributed by atoms with Crippen LogP contribution in [0.1, 0.15) is 24.1 Å². The molecule has 0 aliphatic rings. The predicted molar refractivity (Wildman–Crippen MR) is 81.6 cm³/mol. The molecule has 0 bridgehead atoms. The number of nitrogens with one attached hydrogen (secondary N) is 1. The van der Waals surface area contributed by atoms with E-state index in [1.807, 2.05) is 0 Å². The summed E-state index contributed by atoms with van der Waals surface area (Å²) < 4.78 is 65.1. The Morgan fingerprint density at radius 1 is 1.09 bits per heavy atom. The van der Waals surface area contributed by atoms with Gasteiger partial charge in [0, 0.05) is 6.04 Å². The third-order valence-electron chi connectivity index (χ3n) is 3.17. The molecule has 1 unspecified atom stereocenters. The van der Waals surface area contributed by atoms with Gasteiger partial charge in [-0.1, -0.05) is 35.9 Å². The molecule has 124 valence electrons. The highest BCUT2D eigenvalue weighted by Gasteiger charge is 2.31. The lowest BCUT2D eigenvalue weighted by Gasteiger charge is -2.17. The summed E-state index contributed by atoms with van der Waals surface area (Å²) in [4.78, 5) is -0.125. The Morgan fingerprint density at radius 2 is 1.74 bits per heavy atom. The topological polar surface area (TPSA) is 46.2 Å². The van der Waals surface area contributed by atoms with Crippen LogP contribution in [0, 0.1) is 0 Å². The van der Waals surface area contributed by atoms with Gasteiger partial charge >= 0.3 is 6.18 Å². The molecular formula is C15H13ClF3NO2S. The Labute approximate surface area is 137 Å². The smallest absolute Gasteiger partial charge is 0.207 e. The highest BCUT2D eigenvalue weighted by atomic mass is 35.5. The van der Waals surface area contributed by atoms with Crippen molar-refractivity contribution in [2.24, 2.45) is 0 Å². The van der Waals surface area contributed by atoms with E-state index < -0.39 is 27.8 Å². The van der Waals surface area contributed by atoms with E-state index in [2.05, 4.69) is 4.72 Å². The molecule has 0 aliphatic heterocycles. The average Bonchev–Trinajstić information content (AvgIpc) is 2.46. The first kappa shape index (κ1) is 17.8. The number of hydrogen-bond donors (Lipinski definition) is 1. The van der Waals surface area contributed by atoms with Crippen LogP contribution < -0.4 is 4.72 Å². The van der Waals surface area contributed by atoms with Crippen LogP contribution >= 0.6 is 11.6 Å². The molecule has 2 rings (SSSR count). The first-order valence-electron chi connectivity index (χ1n) is 6.55. The Kier molecular flexibility index (Phi) is 5.03. The summed E-state index contributed by atoms with van der Waals surface area (Å²) >= 11 is 5.86. The molecule has 0 spiro atoms. The second kappa shape index (κ2) is 6.51. The average molecular weight is 364 g/mol. The molecule has 0 saturated carbocycles. The monoisotopic (exact) mass is 363 g/mol. The Hall–Kier alpha value is -1.57. The summed E-state index contributed by atoms with van der Waals surface area (Å²) in [6.45, 7) is 1.46. The summed E-state index contributed by atoms with van der Waals surface area (Å²) in [6.07, 6.45) is -4.49. The summed E-state index contributed by atoms with van der Waals surface area (Å²) in [5.74, 6) is 0. The Morgan fingerprint density at radius 3 is 2.35 bits per heavy atom. The zero-order valence-corrected chi connectivity index (χ0v) is 13.5. The van der Waals surface area contributed by atoms with Crippen molar-refractivity contribution >= 4 is 21.6 Å².